The highest BCUT2D eigenvalue weighted by Crippen LogP contribution is 2.40. The number of carbonyl (C=O) groups is 1. The van der Waals surface area contributed by atoms with Crippen LogP contribution in [0.25, 0.3) is 16.7 Å². The molecule has 0 saturated heterocycles. The van der Waals surface area contributed by atoms with Gasteiger partial charge in [0.05, 0.1) is 13.2 Å². The zero-order chi connectivity index (χ0) is 25.2. The van der Waals surface area contributed by atoms with Crippen molar-refractivity contribution in [2.45, 2.75) is 64.2 Å². The largest absolute Gasteiger partial charge is 0.491 e. The smallest absolute Gasteiger partial charge is 0.330 e. The number of esters is 1. The number of benzene rings is 2. The zero-order valence-electron chi connectivity index (χ0n) is 21.4. The van der Waals surface area contributed by atoms with Crippen molar-refractivity contribution in [3.8, 4) is 16.9 Å². The standard InChI is InChI=1S/C32H40O4/c1-2-32(34)36-21-6-9-29-23-28(26-12-10-25(11-13-26)24-7-4-3-5-8-24)16-19-31(29)27-14-17-30(18-15-27)35-22-20-33/h2,12,14-19,23-25,33H,1,3-11,13,20-22H2. The summed E-state index contributed by atoms with van der Waals surface area (Å²) in [5.74, 6) is 2.17. The molecule has 4 heteroatoms. The van der Waals surface area contributed by atoms with Crippen LogP contribution in [-0.2, 0) is 16.0 Å². The Morgan fingerprint density at radius 3 is 2.44 bits per heavy atom. The Labute approximate surface area is 216 Å². The monoisotopic (exact) mass is 488 g/mol. The lowest BCUT2D eigenvalue weighted by molar-refractivity contribution is -0.137. The molecule has 0 radical (unpaired) electrons. The Kier molecular flexibility index (Phi) is 9.80. The van der Waals surface area contributed by atoms with E-state index in [2.05, 4.69) is 43.0 Å². The first-order chi connectivity index (χ1) is 17.7. The molecule has 2 aliphatic rings. The summed E-state index contributed by atoms with van der Waals surface area (Å²) < 4.78 is 10.7. The second kappa shape index (κ2) is 13.5. The molecule has 2 aromatic carbocycles. The average molecular weight is 489 g/mol. The number of ether oxygens (including phenoxy) is 2. The minimum absolute atomic E-state index is 0.00104. The second-order valence-electron chi connectivity index (χ2n) is 10.1. The van der Waals surface area contributed by atoms with Gasteiger partial charge in [0.2, 0.25) is 0 Å². The summed E-state index contributed by atoms with van der Waals surface area (Å²) in [7, 11) is 0. The Morgan fingerprint density at radius 1 is 0.972 bits per heavy atom. The maximum atomic E-state index is 11.4. The number of rotatable bonds is 11. The third-order valence-electron chi connectivity index (χ3n) is 7.77. The number of aliphatic hydroxyl groups is 1. The molecular formula is C32H40O4. The SMILES string of the molecule is C=CC(=O)OCCCc1cc(C2=CCC(C3CCCCC3)CC2)ccc1-c1ccc(OCCO)cc1. The summed E-state index contributed by atoms with van der Waals surface area (Å²) >= 11 is 0. The molecule has 4 rings (SSSR count). The second-order valence-corrected chi connectivity index (χ2v) is 10.1. The molecule has 2 aromatic rings. The van der Waals surface area contributed by atoms with Gasteiger partial charge in [0.15, 0.2) is 0 Å². The Hall–Kier alpha value is -2.85. The maximum Gasteiger partial charge on any atom is 0.330 e. The maximum absolute atomic E-state index is 11.4. The van der Waals surface area contributed by atoms with Crippen LogP contribution in [0.4, 0.5) is 0 Å². The van der Waals surface area contributed by atoms with Gasteiger partial charge in [-0.25, -0.2) is 4.79 Å². The summed E-state index contributed by atoms with van der Waals surface area (Å²) in [6.45, 7) is 4.15. The number of aryl methyl sites for hydroxylation is 1. The minimum atomic E-state index is -0.373. The van der Waals surface area contributed by atoms with Crippen LogP contribution in [0.2, 0.25) is 0 Å². The molecule has 36 heavy (non-hydrogen) atoms. The predicted octanol–water partition coefficient (Wildman–Crippen LogP) is 7.15. The van der Waals surface area contributed by atoms with Gasteiger partial charge in [0, 0.05) is 6.08 Å². The van der Waals surface area contributed by atoms with Crippen molar-refractivity contribution >= 4 is 11.5 Å². The van der Waals surface area contributed by atoms with E-state index in [0.717, 1.165) is 42.4 Å². The Morgan fingerprint density at radius 2 is 1.75 bits per heavy atom. The molecule has 1 fully saturated rings. The van der Waals surface area contributed by atoms with E-state index < -0.39 is 0 Å². The summed E-state index contributed by atoms with van der Waals surface area (Å²) in [4.78, 5) is 11.4. The molecule has 4 nitrogen and oxygen atoms in total. The Bertz CT molecular complexity index is 1030. The van der Waals surface area contributed by atoms with Gasteiger partial charge in [-0.15, -0.1) is 0 Å². The van der Waals surface area contributed by atoms with E-state index in [1.165, 1.54) is 73.3 Å². The van der Waals surface area contributed by atoms with Crippen LogP contribution in [0.5, 0.6) is 5.75 Å². The number of aliphatic hydroxyl groups excluding tert-OH is 1. The first-order valence-corrected chi connectivity index (χ1v) is 13.6. The third-order valence-corrected chi connectivity index (χ3v) is 7.77. The van der Waals surface area contributed by atoms with Gasteiger partial charge in [-0.2, -0.15) is 0 Å². The van der Waals surface area contributed by atoms with E-state index >= 15 is 0 Å². The molecule has 0 aromatic heterocycles. The normalized spacial score (nSPS) is 18.4. The van der Waals surface area contributed by atoms with Crippen LogP contribution in [0.15, 0.2) is 61.2 Å². The van der Waals surface area contributed by atoms with Crippen LogP contribution >= 0.6 is 0 Å². The first-order valence-electron chi connectivity index (χ1n) is 13.6. The van der Waals surface area contributed by atoms with Gasteiger partial charge in [-0.05, 0) is 83.9 Å². The summed E-state index contributed by atoms with van der Waals surface area (Å²) in [6, 6.07) is 14.9. The van der Waals surface area contributed by atoms with E-state index in [0.29, 0.717) is 13.2 Å². The zero-order valence-corrected chi connectivity index (χ0v) is 21.4. The fraction of sp³-hybridized carbons (Fsp3) is 0.469. The fourth-order valence-electron chi connectivity index (χ4n) is 5.82. The molecule has 1 atom stereocenters. The topological polar surface area (TPSA) is 55.8 Å². The van der Waals surface area contributed by atoms with Gasteiger partial charge >= 0.3 is 5.97 Å². The van der Waals surface area contributed by atoms with Gasteiger partial charge in [-0.3, -0.25) is 0 Å². The van der Waals surface area contributed by atoms with Crippen LogP contribution < -0.4 is 4.74 Å². The van der Waals surface area contributed by atoms with Crippen molar-refractivity contribution in [3.63, 3.8) is 0 Å². The van der Waals surface area contributed by atoms with Crippen molar-refractivity contribution in [1.82, 2.24) is 0 Å². The van der Waals surface area contributed by atoms with E-state index in [9.17, 15) is 4.79 Å². The van der Waals surface area contributed by atoms with E-state index in [1.807, 2.05) is 12.1 Å². The van der Waals surface area contributed by atoms with Crippen molar-refractivity contribution in [3.05, 3.63) is 72.3 Å². The minimum Gasteiger partial charge on any atom is -0.491 e. The molecule has 0 spiro atoms. The number of hydrogen-bond donors (Lipinski definition) is 1. The highest BCUT2D eigenvalue weighted by atomic mass is 16.5. The summed E-state index contributed by atoms with van der Waals surface area (Å²) in [6.07, 6.45) is 16.1. The molecule has 0 aliphatic heterocycles. The predicted molar refractivity (Wildman–Crippen MR) is 146 cm³/mol. The summed E-state index contributed by atoms with van der Waals surface area (Å²) in [5.41, 5.74) is 6.38. The molecule has 0 heterocycles. The molecule has 1 N–H and O–H groups in total. The average Bonchev–Trinajstić information content (AvgIpc) is 2.95. The van der Waals surface area contributed by atoms with Crippen LogP contribution in [-0.4, -0.2) is 30.9 Å². The fourth-order valence-corrected chi connectivity index (χ4v) is 5.82. The van der Waals surface area contributed by atoms with Gasteiger partial charge in [-0.1, -0.05) is 75.1 Å². The van der Waals surface area contributed by atoms with Crippen molar-refractivity contribution in [2.75, 3.05) is 19.8 Å². The number of hydrogen-bond acceptors (Lipinski definition) is 4. The lowest BCUT2D eigenvalue weighted by atomic mass is 9.73. The highest BCUT2D eigenvalue weighted by Gasteiger charge is 2.25. The molecule has 0 amide bonds. The lowest BCUT2D eigenvalue weighted by Gasteiger charge is -2.32. The Balaban J connectivity index is 1.50. The van der Waals surface area contributed by atoms with Crippen LogP contribution in [0, 0.1) is 11.8 Å². The lowest BCUT2D eigenvalue weighted by Crippen LogP contribution is -2.19. The highest BCUT2D eigenvalue weighted by molar-refractivity contribution is 5.81. The first kappa shape index (κ1) is 26.2. The van der Waals surface area contributed by atoms with Crippen LogP contribution in [0.1, 0.15) is 68.9 Å². The quantitative estimate of drug-likeness (QED) is 0.207. The molecular weight excluding hydrogens is 448 g/mol. The van der Waals surface area contributed by atoms with E-state index in [-0.39, 0.29) is 12.6 Å². The molecule has 1 saturated carbocycles. The van der Waals surface area contributed by atoms with Crippen molar-refractivity contribution < 1.29 is 19.4 Å². The van der Waals surface area contributed by atoms with Crippen molar-refractivity contribution in [1.29, 1.82) is 0 Å². The number of carbonyl (C=O) groups excluding carboxylic acids is 1. The van der Waals surface area contributed by atoms with Gasteiger partial charge in [0.25, 0.3) is 0 Å². The molecule has 2 aliphatic carbocycles. The van der Waals surface area contributed by atoms with Crippen molar-refractivity contribution in [2.24, 2.45) is 11.8 Å². The van der Waals surface area contributed by atoms with E-state index in [4.69, 9.17) is 14.6 Å². The van der Waals surface area contributed by atoms with E-state index in [1.54, 1.807) is 0 Å². The molecule has 0 bridgehead atoms. The summed E-state index contributed by atoms with van der Waals surface area (Å²) in [5, 5.41) is 9.00. The molecule has 192 valence electrons. The third kappa shape index (κ3) is 7.10. The van der Waals surface area contributed by atoms with Gasteiger partial charge < -0.3 is 14.6 Å². The van der Waals surface area contributed by atoms with Gasteiger partial charge in [0.1, 0.15) is 12.4 Å². The number of allylic oxidation sites excluding steroid dienone is 2. The molecule has 1 unspecified atom stereocenters. The van der Waals surface area contributed by atoms with Crippen LogP contribution in [0.3, 0.4) is 0 Å².